The molecule has 0 aromatic rings. The van der Waals surface area contributed by atoms with Crippen molar-refractivity contribution in [2.45, 2.75) is 6.92 Å². The van der Waals surface area contributed by atoms with Crippen molar-refractivity contribution in [1.29, 1.82) is 0 Å². The highest BCUT2D eigenvalue weighted by Crippen LogP contribution is 1.55. The van der Waals surface area contributed by atoms with E-state index in [1.807, 2.05) is 0 Å². The van der Waals surface area contributed by atoms with Crippen molar-refractivity contribution >= 4 is 5.87 Å². The number of nitrogens with zero attached hydrogens (tertiary/aromatic N) is 1. The maximum absolute atomic E-state index is 3.40. The van der Waals surface area contributed by atoms with Crippen molar-refractivity contribution in [3.05, 3.63) is 6.58 Å². The average molecular weight is 127 g/mol. The second kappa shape index (κ2) is 7.13. The maximum Gasteiger partial charge on any atom is 0.0583 e. The lowest BCUT2D eigenvalue weighted by atomic mass is 10.5. The second-order valence-electron chi connectivity index (χ2n) is 1.13. The Bertz CT molecular complexity index is 311. The first-order valence-electron chi connectivity index (χ1n) is 2.55. The van der Waals surface area contributed by atoms with Crippen molar-refractivity contribution in [3.63, 3.8) is 0 Å². The van der Waals surface area contributed by atoms with E-state index in [4.69, 9.17) is 0 Å². The van der Waals surface area contributed by atoms with Crippen LogP contribution in [0.25, 0.3) is 0 Å². The van der Waals surface area contributed by atoms with E-state index in [2.05, 4.69) is 53.1 Å². The predicted molar refractivity (Wildman–Crippen MR) is 42.1 cm³/mol. The van der Waals surface area contributed by atoms with Crippen LogP contribution in [0, 0.1) is 35.6 Å². The molecule has 0 spiro atoms. The Labute approximate surface area is 60.9 Å². The van der Waals surface area contributed by atoms with E-state index >= 15 is 0 Å². The molecule has 0 amide bonds. The van der Waals surface area contributed by atoms with Crippen LogP contribution in [0.15, 0.2) is 11.6 Å². The molecule has 0 rings (SSSR count). The monoisotopic (exact) mass is 127 g/mol. The number of aliphatic imine (C=N–C) groups is 1. The Hall–Kier alpha value is -1.87. The van der Waals surface area contributed by atoms with E-state index in [9.17, 15) is 0 Å². The van der Waals surface area contributed by atoms with Gasteiger partial charge in [0.05, 0.1) is 6.04 Å². The first kappa shape index (κ1) is 8.13. The predicted octanol–water partition coefficient (Wildman–Crippen LogP) is 0.830. The van der Waals surface area contributed by atoms with Crippen LogP contribution in [0.1, 0.15) is 6.92 Å². The Morgan fingerprint density at radius 1 is 1.10 bits per heavy atom. The molecule has 0 aromatic heterocycles. The highest BCUT2D eigenvalue weighted by molar-refractivity contribution is 5.49. The molecular weight excluding hydrogens is 122 g/mol. The number of hydrogen-bond donors (Lipinski definition) is 0. The Morgan fingerprint density at radius 2 is 1.80 bits per heavy atom. The zero-order valence-electron chi connectivity index (χ0n) is 5.65. The SMILES string of the molecule is C=C=NC#CC#CC#CC. The molecule has 0 unspecified atom stereocenters. The number of rotatable bonds is 0. The summed E-state index contributed by atoms with van der Waals surface area (Å²) in [5.74, 6) is 14.8. The quantitative estimate of drug-likeness (QED) is 0.337. The lowest BCUT2D eigenvalue weighted by Crippen LogP contribution is -1.51. The van der Waals surface area contributed by atoms with Crippen LogP contribution in [0.4, 0.5) is 0 Å². The molecule has 1 nitrogen and oxygen atoms in total. The molecule has 0 radical (unpaired) electrons. The van der Waals surface area contributed by atoms with Crippen LogP contribution in [0.2, 0.25) is 0 Å². The van der Waals surface area contributed by atoms with Gasteiger partial charge in [0.1, 0.15) is 0 Å². The van der Waals surface area contributed by atoms with Crippen LogP contribution in [-0.4, -0.2) is 5.87 Å². The first-order chi connectivity index (χ1) is 4.91. The van der Waals surface area contributed by atoms with Crippen molar-refractivity contribution in [2.24, 2.45) is 4.99 Å². The fraction of sp³-hybridized carbons (Fsp3) is 0.111. The molecule has 0 saturated heterocycles. The van der Waals surface area contributed by atoms with Gasteiger partial charge in [0.25, 0.3) is 0 Å². The van der Waals surface area contributed by atoms with Crippen molar-refractivity contribution in [3.8, 4) is 35.6 Å². The minimum Gasteiger partial charge on any atom is -0.154 e. The van der Waals surface area contributed by atoms with Gasteiger partial charge in [0, 0.05) is 11.8 Å². The van der Waals surface area contributed by atoms with Gasteiger partial charge in [-0.1, -0.05) is 5.92 Å². The molecule has 46 valence electrons. The molecule has 0 atom stereocenters. The van der Waals surface area contributed by atoms with Crippen molar-refractivity contribution < 1.29 is 0 Å². The van der Waals surface area contributed by atoms with Gasteiger partial charge < -0.3 is 0 Å². The minimum atomic E-state index is 1.71. The van der Waals surface area contributed by atoms with E-state index in [-0.39, 0.29) is 0 Å². The third kappa shape index (κ3) is 6.13. The van der Waals surface area contributed by atoms with Gasteiger partial charge in [-0.25, -0.2) is 0 Å². The van der Waals surface area contributed by atoms with Gasteiger partial charge in [0.2, 0.25) is 0 Å². The van der Waals surface area contributed by atoms with Gasteiger partial charge in [-0.05, 0) is 31.2 Å². The summed E-state index contributed by atoms with van der Waals surface area (Å²) in [6.07, 6.45) is 0. The minimum absolute atomic E-state index is 1.71. The molecule has 0 N–H and O–H groups in total. The molecule has 0 saturated carbocycles. The lowest BCUT2D eigenvalue weighted by Gasteiger charge is -1.54. The average Bonchev–Trinajstić information content (AvgIpc) is 1.97. The molecule has 0 aromatic carbocycles. The standard InChI is InChI=1S/C9H5N/c1-3-5-6-7-8-9-10-4-2/h2H2,1H3. The Morgan fingerprint density at radius 3 is 2.40 bits per heavy atom. The van der Waals surface area contributed by atoms with Crippen LogP contribution in [0.5, 0.6) is 0 Å². The molecule has 0 fully saturated rings. The van der Waals surface area contributed by atoms with Gasteiger partial charge in [-0.15, -0.1) is 0 Å². The van der Waals surface area contributed by atoms with E-state index in [0.29, 0.717) is 0 Å². The fourth-order valence-corrected chi connectivity index (χ4v) is 0.220. The van der Waals surface area contributed by atoms with Crippen LogP contribution < -0.4 is 0 Å². The summed E-state index contributed by atoms with van der Waals surface area (Å²) in [6, 6.07) is 2.35. The highest BCUT2D eigenvalue weighted by atomic mass is 14.6. The molecular formula is C9H5N. The third-order valence-electron chi connectivity index (χ3n) is 0.503. The molecule has 0 bridgehead atoms. The molecule has 0 aliphatic carbocycles. The smallest absolute Gasteiger partial charge is 0.0583 e. The fourth-order valence-electron chi connectivity index (χ4n) is 0.220. The molecule has 10 heavy (non-hydrogen) atoms. The first-order valence-corrected chi connectivity index (χ1v) is 2.55. The number of hydrogen-bond acceptors (Lipinski definition) is 1. The zero-order valence-corrected chi connectivity index (χ0v) is 5.65. The van der Waals surface area contributed by atoms with Gasteiger partial charge in [0.15, 0.2) is 0 Å². The summed E-state index contributed by atoms with van der Waals surface area (Å²) in [5, 5.41) is 0. The maximum atomic E-state index is 3.40. The second-order valence-corrected chi connectivity index (χ2v) is 1.13. The van der Waals surface area contributed by atoms with Crippen LogP contribution in [-0.2, 0) is 0 Å². The zero-order chi connectivity index (χ0) is 7.66. The van der Waals surface area contributed by atoms with E-state index in [1.165, 1.54) is 0 Å². The third-order valence-corrected chi connectivity index (χ3v) is 0.503. The van der Waals surface area contributed by atoms with Gasteiger partial charge in [-0.2, -0.15) is 4.99 Å². The molecule has 1 heteroatoms. The van der Waals surface area contributed by atoms with E-state index in [0.717, 1.165) is 0 Å². The summed E-state index contributed by atoms with van der Waals surface area (Å²) < 4.78 is 0. The molecule has 0 aliphatic heterocycles. The van der Waals surface area contributed by atoms with Crippen molar-refractivity contribution in [1.82, 2.24) is 0 Å². The molecule has 0 aliphatic rings. The largest absolute Gasteiger partial charge is 0.154 e. The van der Waals surface area contributed by atoms with Crippen LogP contribution >= 0.6 is 0 Å². The summed E-state index contributed by atoms with van der Waals surface area (Å²) in [4.78, 5) is 3.40. The topological polar surface area (TPSA) is 12.4 Å². The summed E-state index contributed by atoms with van der Waals surface area (Å²) in [7, 11) is 0. The Kier molecular flexibility index (Phi) is 5.80. The lowest BCUT2D eigenvalue weighted by molar-refractivity contribution is 1.74. The summed E-state index contributed by atoms with van der Waals surface area (Å²) in [6.45, 7) is 4.94. The summed E-state index contributed by atoms with van der Waals surface area (Å²) >= 11 is 0. The summed E-state index contributed by atoms with van der Waals surface area (Å²) in [5.41, 5.74) is 0. The highest BCUT2D eigenvalue weighted by Gasteiger charge is 1.52. The molecule has 0 heterocycles. The van der Waals surface area contributed by atoms with Gasteiger partial charge >= 0.3 is 0 Å². The Balaban J connectivity index is 3.98. The van der Waals surface area contributed by atoms with E-state index in [1.54, 1.807) is 6.92 Å². The van der Waals surface area contributed by atoms with Gasteiger partial charge in [-0.3, -0.25) is 0 Å². The van der Waals surface area contributed by atoms with Crippen molar-refractivity contribution in [2.75, 3.05) is 0 Å². The van der Waals surface area contributed by atoms with Crippen LogP contribution in [0.3, 0.4) is 0 Å². The normalized spacial score (nSPS) is 4.10. The van der Waals surface area contributed by atoms with E-state index < -0.39 is 0 Å².